The van der Waals surface area contributed by atoms with Crippen LogP contribution < -0.4 is 5.46 Å². The molecule has 1 saturated heterocycles. The highest BCUT2D eigenvalue weighted by Crippen LogP contribution is 2.37. The predicted molar refractivity (Wildman–Crippen MR) is 418 cm³/mol. The Morgan fingerprint density at radius 3 is 1.34 bits per heavy atom. The van der Waals surface area contributed by atoms with Crippen molar-refractivity contribution in [2.75, 3.05) is 13.2 Å². The molecule has 17 heteroatoms. The lowest BCUT2D eigenvalue weighted by Crippen LogP contribution is -2.41. The molecule has 1 aliphatic heterocycles. The summed E-state index contributed by atoms with van der Waals surface area (Å²) in [5, 5.41) is 20.6. The molecule has 13 nitrogen and oxygen atoms in total. The monoisotopic (exact) mass is 1400 g/mol. The number of nitrogens with one attached hydrogen (secondary N) is 1. The van der Waals surface area contributed by atoms with Crippen molar-refractivity contribution in [3.8, 4) is 22.3 Å². The maximum atomic E-state index is 6.30. The second-order valence-electron chi connectivity index (χ2n) is 28.2. The van der Waals surface area contributed by atoms with Crippen LogP contribution in [0.5, 0.6) is 0 Å². The van der Waals surface area contributed by atoms with Gasteiger partial charge in [0.2, 0.25) is 0 Å². The number of halogens is 1. The first-order valence-corrected chi connectivity index (χ1v) is 41.8. The van der Waals surface area contributed by atoms with E-state index in [1.807, 2.05) is 120 Å². The largest absolute Gasteiger partial charge is 0.494 e. The Morgan fingerprint density at radius 2 is 0.898 bits per heavy atom. The zero-order valence-corrected chi connectivity index (χ0v) is 62.5. The smallest absolute Gasteiger partial charge is 0.399 e. The van der Waals surface area contributed by atoms with Gasteiger partial charge in [0.1, 0.15) is 13.5 Å². The fraction of sp³-hybridized carbons (Fsp3) is 0.259. The van der Waals surface area contributed by atoms with Crippen molar-refractivity contribution in [2.45, 2.75) is 125 Å². The molecule has 0 bridgehead atoms. The lowest BCUT2D eigenvalue weighted by Gasteiger charge is -2.32. The topological polar surface area (TPSA) is 140 Å². The summed E-state index contributed by atoms with van der Waals surface area (Å²) >= 11 is 3.33. The quantitative estimate of drug-likeness (QED) is 0.0615. The summed E-state index contributed by atoms with van der Waals surface area (Å²) in [5.41, 5.74) is 17.9. The number of nitrogens with zero attached hydrogens (tertiary/aromatic N) is 8. The van der Waals surface area contributed by atoms with Crippen LogP contribution in [0.15, 0.2) is 205 Å². The van der Waals surface area contributed by atoms with Crippen LogP contribution in [0, 0.1) is 20.8 Å². The summed E-state index contributed by atoms with van der Waals surface area (Å²) in [4.78, 5) is 12.5. The molecule has 0 radical (unpaired) electrons. The van der Waals surface area contributed by atoms with E-state index in [2.05, 4.69) is 243 Å². The Bertz CT molecular complexity index is 4650. The number of H-pyrrole nitrogens is 1. The van der Waals surface area contributed by atoms with Crippen LogP contribution in [0.25, 0.3) is 91.4 Å². The Labute approximate surface area is 589 Å². The summed E-state index contributed by atoms with van der Waals surface area (Å²) in [6, 6.07) is 58.4. The van der Waals surface area contributed by atoms with Gasteiger partial charge >= 0.3 is 7.12 Å². The number of benzene rings is 6. The first-order chi connectivity index (χ1) is 47.0. The fourth-order valence-corrected chi connectivity index (χ4v) is 12.5. The third kappa shape index (κ3) is 19.5. The third-order valence-corrected chi connectivity index (χ3v) is 21.7. The van der Waals surface area contributed by atoms with Gasteiger partial charge in [0.05, 0.1) is 44.8 Å². The second-order valence-corrected chi connectivity index (χ2v) is 40.3. The zero-order valence-electron chi connectivity index (χ0n) is 58.9. The molecule has 6 aromatic heterocycles. The lowest BCUT2D eigenvalue weighted by atomic mass is 9.78. The minimum atomic E-state index is -1.13. The minimum Gasteiger partial charge on any atom is -0.399 e. The second kappa shape index (κ2) is 32.7. The van der Waals surface area contributed by atoms with Crippen LogP contribution in [0.2, 0.25) is 51.4 Å². The molecule has 1 fully saturated rings. The molecule has 6 aromatic carbocycles. The molecule has 0 amide bonds. The van der Waals surface area contributed by atoms with Crippen LogP contribution >= 0.6 is 15.9 Å². The van der Waals surface area contributed by atoms with Crippen molar-refractivity contribution in [2.24, 2.45) is 0 Å². The fourth-order valence-electron chi connectivity index (χ4n) is 10.7. The molecule has 0 unspecified atom stereocenters. The average Bonchev–Trinajstić information content (AvgIpc) is 1.62. The molecular formula is C81H91BBrN9O4Si2. The molecule has 502 valence electrons. The van der Waals surface area contributed by atoms with Crippen molar-refractivity contribution < 1.29 is 18.8 Å². The van der Waals surface area contributed by atoms with E-state index in [1.165, 1.54) is 16.7 Å². The highest BCUT2D eigenvalue weighted by atomic mass is 79.9. The molecule has 7 heterocycles. The van der Waals surface area contributed by atoms with E-state index in [-0.39, 0.29) is 11.2 Å². The molecule has 0 spiro atoms. The summed E-state index contributed by atoms with van der Waals surface area (Å²) in [7, 11) is -2.66. The van der Waals surface area contributed by atoms with Gasteiger partial charge in [0.25, 0.3) is 0 Å². The van der Waals surface area contributed by atoms with Crippen molar-refractivity contribution >= 4 is 114 Å². The molecule has 98 heavy (non-hydrogen) atoms. The van der Waals surface area contributed by atoms with Crippen LogP contribution in [-0.4, -0.2) is 92.4 Å². The maximum Gasteiger partial charge on any atom is 0.494 e. The van der Waals surface area contributed by atoms with Gasteiger partial charge < -0.3 is 18.8 Å². The lowest BCUT2D eigenvalue weighted by molar-refractivity contribution is 0.00578. The van der Waals surface area contributed by atoms with Gasteiger partial charge in [-0.2, -0.15) is 15.3 Å². The number of rotatable bonds is 19. The SMILES string of the molecule is CC1(C)OB(c2ccc3c(c2)c(/C=C/c2ccccc2)nn3COCC[Si](C)(C)C)OC1(C)C.Cc1ccncc1-c1ccc2[nH]nc(/C=C/c3ccccc3)c2c1.Cc1ccncc1-c1ccc2c(c1)c(/C=C/c1ccccc1)nn2COCC[Si](C)(C)C.Cc1ccncc1Br. The number of aromatic amines is 1. The molecule has 13 rings (SSSR count). The average molecular weight is 1400 g/mol. The summed E-state index contributed by atoms with van der Waals surface area (Å²) < 4.78 is 29.6. The normalized spacial score (nSPS) is 13.7. The van der Waals surface area contributed by atoms with Crippen molar-refractivity contribution in [1.29, 1.82) is 0 Å². The third-order valence-electron chi connectivity index (χ3n) is 17.5. The van der Waals surface area contributed by atoms with Gasteiger partial charge in [-0.25, -0.2) is 9.36 Å². The first-order valence-electron chi connectivity index (χ1n) is 33.6. The van der Waals surface area contributed by atoms with Crippen LogP contribution in [0.3, 0.4) is 0 Å². The van der Waals surface area contributed by atoms with E-state index in [0.29, 0.717) is 13.5 Å². The molecular weight excluding hydrogens is 1310 g/mol. The van der Waals surface area contributed by atoms with E-state index in [9.17, 15) is 0 Å². The van der Waals surface area contributed by atoms with Crippen LogP contribution in [0.4, 0.5) is 0 Å². The Kier molecular flexibility index (Phi) is 24.0. The van der Waals surface area contributed by atoms with Crippen molar-refractivity contribution in [3.63, 3.8) is 0 Å². The molecule has 12 aromatic rings. The van der Waals surface area contributed by atoms with Crippen molar-refractivity contribution in [3.05, 3.63) is 256 Å². The van der Waals surface area contributed by atoms with Gasteiger partial charge in [-0.15, -0.1) is 0 Å². The van der Waals surface area contributed by atoms with Gasteiger partial charge in [-0.05, 0) is 193 Å². The maximum absolute atomic E-state index is 6.30. The molecule has 1 aliphatic rings. The van der Waals surface area contributed by atoms with E-state index in [0.717, 1.165) is 124 Å². The van der Waals surface area contributed by atoms with Crippen LogP contribution in [0.1, 0.15) is 78.2 Å². The number of aromatic nitrogens is 9. The number of fused-ring (bicyclic) bond motifs is 3. The van der Waals surface area contributed by atoms with E-state index in [4.69, 9.17) is 29.0 Å². The first kappa shape index (κ1) is 72.0. The van der Waals surface area contributed by atoms with Gasteiger partial charge in [0.15, 0.2) is 0 Å². The summed E-state index contributed by atoms with van der Waals surface area (Å²) in [5.74, 6) is 0. The molecule has 0 atom stereocenters. The Hall–Kier alpha value is -8.78. The highest BCUT2D eigenvalue weighted by molar-refractivity contribution is 9.10. The Morgan fingerprint density at radius 1 is 0.480 bits per heavy atom. The number of aryl methyl sites for hydroxylation is 3. The van der Waals surface area contributed by atoms with Gasteiger partial charge in [-0.1, -0.05) is 173 Å². The Balaban J connectivity index is 0.000000152. The minimum absolute atomic E-state index is 0.378. The van der Waals surface area contributed by atoms with E-state index >= 15 is 0 Å². The van der Waals surface area contributed by atoms with E-state index in [1.54, 1.807) is 12.4 Å². The summed E-state index contributed by atoms with van der Waals surface area (Å²) in [6.07, 6.45) is 23.6. The number of hydrogen-bond donors (Lipinski definition) is 1. The highest BCUT2D eigenvalue weighted by Gasteiger charge is 2.51. The van der Waals surface area contributed by atoms with Crippen LogP contribution in [-0.2, 0) is 32.2 Å². The van der Waals surface area contributed by atoms with Gasteiger partial charge in [0, 0.05) is 98.3 Å². The number of ether oxygens (including phenoxy) is 2. The standard InChI is InChI=1S/C27H37BN2O3Si.C27H31N3OSi.C21H17N3.C6H6BrN/c1-26(2)27(3,4)33-28(32-26)22-14-16-25-23(19-22)24(15-13-21-11-9-8-10-12-21)29-30(25)20-31-17-18-34(5,6)7;1-21-14-15-28-19-25(21)23-11-13-27-24(18-23)26(12-10-22-8-6-5-7-9-22)29-30(27)20-31-16-17-32(2,3)4;1-15-11-12-22-14-19(15)17-8-10-21-18(13-17)20(23-24-21)9-7-16-5-3-2-4-6-16;1-5-2-3-8-4-6(5)7/h8-16,19H,17-18,20H2,1-7H3;5-15,18-19H,16-17,20H2,1-4H3;2-14H,1H3,(H,23,24);2-4H,1H3/b15-13+;12-10+;9-7+;. The molecule has 1 N–H and O–H groups in total. The molecule has 0 saturated carbocycles. The number of pyridine rings is 3. The summed E-state index contributed by atoms with van der Waals surface area (Å²) in [6.45, 7) is 31.2. The van der Waals surface area contributed by atoms with Crippen molar-refractivity contribution in [1.82, 2.24) is 44.7 Å². The number of hydrogen-bond acceptors (Lipinski definition) is 10. The molecule has 0 aliphatic carbocycles. The zero-order chi connectivity index (χ0) is 69.5. The van der Waals surface area contributed by atoms with E-state index < -0.39 is 23.3 Å². The van der Waals surface area contributed by atoms with Gasteiger partial charge in [-0.3, -0.25) is 20.1 Å². The predicted octanol–water partition coefficient (Wildman–Crippen LogP) is 20.0.